The SMILES string of the molecule is O=C1C(=O)c2ccccc2C(O)=C1C1(C(F)(F)F)CCCCC1. The lowest BCUT2D eigenvalue weighted by atomic mass is 9.64. The Balaban J connectivity index is 2.28. The normalized spacial score (nSPS) is 21.3. The minimum absolute atomic E-state index is 0.00120. The Morgan fingerprint density at radius 1 is 0.913 bits per heavy atom. The first kappa shape index (κ1) is 15.8. The molecule has 3 nitrogen and oxygen atoms in total. The molecule has 1 N–H and O–H groups in total. The highest BCUT2D eigenvalue weighted by Crippen LogP contribution is 2.56. The average molecular weight is 324 g/mol. The van der Waals surface area contributed by atoms with Crippen molar-refractivity contribution in [1.29, 1.82) is 0 Å². The number of benzene rings is 1. The molecular formula is C17H15F3O3. The molecule has 0 saturated heterocycles. The highest BCUT2D eigenvalue weighted by Gasteiger charge is 2.61. The number of alkyl halides is 3. The van der Waals surface area contributed by atoms with Gasteiger partial charge in [0.25, 0.3) is 0 Å². The summed E-state index contributed by atoms with van der Waals surface area (Å²) < 4.78 is 41.5. The van der Waals surface area contributed by atoms with Crippen molar-refractivity contribution in [2.24, 2.45) is 5.41 Å². The zero-order valence-corrected chi connectivity index (χ0v) is 12.2. The van der Waals surface area contributed by atoms with Crippen LogP contribution >= 0.6 is 0 Å². The zero-order valence-electron chi connectivity index (χ0n) is 12.2. The number of allylic oxidation sites excluding steroid dienone is 1. The molecule has 0 bridgehead atoms. The van der Waals surface area contributed by atoms with Crippen LogP contribution in [-0.4, -0.2) is 22.8 Å². The number of fused-ring (bicyclic) bond motifs is 1. The number of rotatable bonds is 1. The Bertz CT molecular complexity index is 710. The topological polar surface area (TPSA) is 54.4 Å². The molecule has 0 radical (unpaired) electrons. The molecule has 23 heavy (non-hydrogen) atoms. The van der Waals surface area contributed by atoms with Crippen molar-refractivity contribution in [3.8, 4) is 0 Å². The summed E-state index contributed by atoms with van der Waals surface area (Å²) >= 11 is 0. The van der Waals surface area contributed by atoms with E-state index in [0.29, 0.717) is 19.3 Å². The van der Waals surface area contributed by atoms with Crippen LogP contribution < -0.4 is 0 Å². The Morgan fingerprint density at radius 2 is 1.48 bits per heavy atom. The summed E-state index contributed by atoms with van der Waals surface area (Å²) in [6.07, 6.45) is -4.00. The van der Waals surface area contributed by atoms with Crippen LogP contribution in [0.25, 0.3) is 5.76 Å². The minimum Gasteiger partial charge on any atom is -0.507 e. The number of Topliss-reactive ketones (excluding diaryl/α,β-unsaturated/α-hetero) is 2. The van der Waals surface area contributed by atoms with Gasteiger partial charge in [-0.25, -0.2) is 0 Å². The zero-order chi connectivity index (χ0) is 16.8. The van der Waals surface area contributed by atoms with Crippen LogP contribution in [0.1, 0.15) is 48.0 Å². The van der Waals surface area contributed by atoms with Crippen molar-refractivity contribution in [3.05, 3.63) is 41.0 Å². The van der Waals surface area contributed by atoms with Gasteiger partial charge < -0.3 is 5.11 Å². The third kappa shape index (κ3) is 2.19. The maximum atomic E-state index is 13.8. The predicted molar refractivity (Wildman–Crippen MR) is 76.9 cm³/mol. The fraction of sp³-hybridized carbons (Fsp3) is 0.412. The molecule has 1 saturated carbocycles. The first-order valence-electron chi connectivity index (χ1n) is 7.48. The van der Waals surface area contributed by atoms with Gasteiger partial charge in [0.2, 0.25) is 11.6 Å². The summed E-state index contributed by atoms with van der Waals surface area (Å²) in [6, 6.07) is 5.71. The maximum absolute atomic E-state index is 13.8. The van der Waals surface area contributed by atoms with Crippen LogP contribution in [0.2, 0.25) is 0 Å². The molecule has 0 aromatic heterocycles. The number of carbonyl (C=O) groups excluding carboxylic acids is 2. The van der Waals surface area contributed by atoms with Crippen LogP contribution in [0.3, 0.4) is 0 Å². The van der Waals surface area contributed by atoms with Crippen molar-refractivity contribution in [3.63, 3.8) is 0 Å². The molecule has 0 heterocycles. The first-order valence-corrected chi connectivity index (χ1v) is 7.48. The van der Waals surface area contributed by atoms with Crippen molar-refractivity contribution < 1.29 is 27.9 Å². The predicted octanol–water partition coefficient (Wildman–Crippen LogP) is 4.23. The lowest BCUT2D eigenvalue weighted by Crippen LogP contribution is -2.46. The van der Waals surface area contributed by atoms with E-state index < -0.39 is 34.5 Å². The number of hydrogen-bond donors (Lipinski definition) is 1. The molecule has 3 rings (SSSR count). The third-order valence-electron chi connectivity index (χ3n) is 4.83. The molecule has 6 heteroatoms. The standard InChI is InChI=1S/C17H15F3O3/c18-17(19,20)16(8-4-1-5-9-16)12-13(21)10-6-2-3-7-11(10)14(22)15(12)23/h2-3,6-7,21H,1,4-5,8-9H2. The lowest BCUT2D eigenvalue weighted by molar-refractivity contribution is -0.219. The van der Waals surface area contributed by atoms with E-state index >= 15 is 0 Å². The Kier molecular flexibility index (Phi) is 3.58. The van der Waals surface area contributed by atoms with E-state index in [-0.39, 0.29) is 24.0 Å². The molecule has 1 fully saturated rings. The molecule has 0 unspecified atom stereocenters. The van der Waals surface area contributed by atoms with Gasteiger partial charge >= 0.3 is 6.18 Å². The second-order valence-corrected chi connectivity index (χ2v) is 6.07. The van der Waals surface area contributed by atoms with Gasteiger partial charge in [0.05, 0.1) is 11.0 Å². The smallest absolute Gasteiger partial charge is 0.398 e. The molecule has 1 aromatic rings. The van der Waals surface area contributed by atoms with E-state index in [4.69, 9.17) is 0 Å². The van der Waals surface area contributed by atoms with Gasteiger partial charge in [0, 0.05) is 11.1 Å². The van der Waals surface area contributed by atoms with Crippen LogP contribution in [0.15, 0.2) is 29.8 Å². The second kappa shape index (κ2) is 5.22. The van der Waals surface area contributed by atoms with Gasteiger partial charge in [0.1, 0.15) is 5.76 Å². The number of aliphatic hydroxyl groups is 1. The van der Waals surface area contributed by atoms with Gasteiger partial charge in [0.15, 0.2) is 0 Å². The highest BCUT2D eigenvalue weighted by atomic mass is 19.4. The molecule has 0 aliphatic heterocycles. The second-order valence-electron chi connectivity index (χ2n) is 6.07. The first-order chi connectivity index (χ1) is 10.8. The van der Waals surface area contributed by atoms with E-state index in [2.05, 4.69) is 0 Å². The molecular weight excluding hydrogens is 309 g/mol. The van der Waals surface area contributed by atoms with Gasteiger partial charge in [-0.2, -0.15) is 13.2 Å². The quantitative estimate of drug-likeness (QED) is 0.786. The molecule has 0 amide bonds. The monoisotopic (exact) mass is 324 g/mol. The van der Waals surface area contributed by atoms with Gasteiger partial charge in [-0.1, -0.05) is 43.5 Å². The van der Waals surface area contributed by atoms with Crippen LogP contribution in [0.4, 0.5) is 13.2 Å². The van der Waals surface area contributed by atoms with Crippen LogP contribution in [0, 0.1) is 5.41 Å². The number of aliphatic hydroxyl groups excluding tert-OH is 1. The summed E-state index contributed by atoms with van der Waals surface area (Å²) in [7, 11) is 0. The molecule has 0 spiro atoms. The summed E-state index contributed by atoms with van der Waals surface area (Å²) in [6.45, 7) is 0. The van der Waals surface area contributed by atoms with Crippen molar-refractivity contribution in [1.82, 2.24) is 0 Å². The number of hydrogen-bond acceptors (Lipinski definition) is 3. The summed E-state index contributed by atoms with van der Waals surface area (Å²) in [5.41, 5.74) is -3.25. The molecule has 2 aliphatic rings. The van der Waals surface area contributed by atoms with Crippen LogP contribution in [0.5, 0.6) is 0 Å². The summed E-state index contributed by atoms with van der Waals surface area (Å²) in [5, 5.41) is 10.4. The lowest BCUT2D eigenvalue weighted by Gasteiger charge is -2.41. The van der Waals surface area contributed by atoms with E-state index in [1.54, 1.807) is 0 Å². The maximum Gasteiger partial charge on any atom is 0.398 e. The number of ketones is 2. The fourth-order valence-corrected chi connectivity index (χ4v) is 3.64. The van der Waals surface area contributed by atoms with E-state index in [1.807, 2.05) is 0 Å². The number of halogens is 3. The van der Waals surface area contributed by atoms with Crippen molar-refractivity contribution in [2.45, 2.75) is 38.3 Å². The fourth-order valence-electron chi connectivity index (χ4n) is 3.64. The minimum atomic E-state index is -4.70. The van der Waals surface area contributed by atoms with E-state index in [9.17, 15) is 27.9 Å². The average Bonchev–Trinajstić information content (AvgIpc) is 2.53. The Hall–Kier alpha value is -2.11. The molecule has 0 atom stereocenters. The largest absolute Gasteiger partial charge is 0.507 e. The Labute approximate surface area is 130 Å². The third-order valence-corrected chi connectivity index (χ3v) is 4.83. The highest BCUT2D eigenvalue weighted by molar-refractivity contribution is 6.52. The van der Waals surface area contributed by atoms with Crippen molar-refractivity contribution in [2.75, 3.05) is 0 Å². The molecule has 122 valence electrons. The summed E-state index contributed by atoms with van der Waals surface area (Å²) in [4.78, 5) is 24.6. The van der Waals surface area contributed by atoms with Gasteiger partial charge in [-0.05, 0) is 12.8 Å². The molecule has 2 aliphatic carbocycles. The van der Waals surface area contributed by atoms with Crippen LogP contribution in [-0.2, 0) is 4.79 Å². The van der Waals surface area contributed by atoms with E-state index in [0.717, 1.165) is 0 Å². The number of carbonyl (C=O) groups is 2. The molecule has 1 aromatic carbocycles. The Morgan fingerprint density at radius 3 is 2.04 bits per heavy atom. The van der Waals surface area contributed by atoms with E-state index in [1.165, 1.54) is 24.3 Å². The summed E-state index contributed by atoms with van der Waals surface area (Å²) in [5.74, 6) is -2.92. The van der Waals surface area contributed by atoms with Gasteiger partial charge in [-0.15, -0.1) is 0 Å². The van der Waals surface area contributed by atoms with Gasteiger partial charge in [-0.3, -0.25) is 9.59 Å². The van der Waals surface area contributed by atoms with Crippen molar-refractivity contribution >= 4 is 17.3 Å².